The summed E-state index contributed by atoms with van der Waals surface area (Å²) in [6.07, 6.45) is 6.99. The summed E-state index contributed by atoms with van der Waals surface area (Å²) in [5.74, 6) is -0.368. The monoisotopic (exact) mass is 543 g/mol. The summed E-state index contributed by atoms with van der Waals surface area (Å²) in [5.41, 5.74) is 4.18. The molecule has 10 nitrogen and oxygen atoms in total. The van der Waals surface area contributed by atoms with E-state index in [1.807, 2.05) is 48.7 Å². The zero-order valence-electron chi connectivity index (χ0n) is 21.2. The zero-order valence-corrected chi connectivity index (χ0v) is 22.0. The van der Waals surface area contributed by atoms with Crippen LogP contribution in [0.4, 0.5) is 5.69 Å². The van der Waals surface area contributed by atoms with Gasteiger partial charge in [0.1, 0.15) is 11.4 Å². The van der Waals surface area contributed by atoms with E-state index >= 15 is 0 Å². The molecule has 1 amide bonds. The van der Waals surface area contributed by atoms with Crippen LogP contribution >= 0.6 is 11.6 Å². The summed E-state index contributed by atoms with van der Waals surface area (Å²) in [4.78, 5) is 22.3. The maximum absolute atomic E-state index is 13.3. The Morgan fingerprint density at radius 1 is 1.00 bits per heavy atom. The molecule has 198 valence electrons. The summed E-state index contributed by atoms with van der Waals surface area (Å²) in [7, 11) is 1.63. The van der Waals surface area contributed by atoms with Crippen LogP contribution in [0.5, 0.6) is 0 Å². The van der Waals surface area contributed by atoms with Gasteiger partial charge in [0.05, 0.1) is 55.3 Å². The molecule has 0 saturated carbocycles. The van der Waals surface area contributed by atoms with Crippen LogP contribution in [0.25, 0.3) is 28.3 Å². The van der Waals surface area contributed by atoms with E-state index < -0.39 is 0 Å². The molecule has 0 bridgehead atoms. The summed E-state index contributed by atoms with van der Waals surface area (Å²) >= 11 is 6.12. The third kappa shape index (κ3) is 6.55. The third-order valence-electron chi connectivity index (χ3n) is 5.75. The van der Waals surface area contributed by atoms with Crippen LogP contribution < -0.4 is 5.32 Å². The minimum absolute atomic E-state index is 0.255. The molecule has 0 aliphatic rings. The van der Waals surface area contributed by atoms with Gasteiger partial charge in [-0.1, -0.05) is 29.8 Å². The summed E-state index contributed by atoms with van der Waals surface area (Å²) in [5, 5.41) is 12.6. The second kappa shape index (κ2) is 12.4. The fraction of sp³-hybridized carbons (Fsp3) is 0.179. The van der Waals surface area contributed by atoms with E-state index in [2.05, 4.69) is 25.5 Å². The topological polar surface area (TPSA) is 109 Å². The number of rotatable bonds is 11. The molecule has 0 atom stereocenters. The van der Waals surface area contributed by atoms with Crippen molar-refractivity contribution in [1.29, 1.82) is 0 Å². The van der Waals surface area contributed by atoms with Crippen LogP contribution in [0.3, 0.4) is 0 Å². The lowest BCUT2D eigenvalue weighted by Gasteiger charge is -2.06. The van der Waals surface area contributed by atoms with Gasteiger partial charge in [-0.2, -0.15) is 10.2 Å². The lowest BCUT2D eigenvalue weighted by atomic mass is 10.2. The van der Waals surface area contributed by atoms with Gasteiger partial charge < -0.3 is 14.8 Å². The van der Waals surface area contributed by atoms with Gasteiger partial charge >= 0.3 is 0 Å². The molecule has 0 saturated heterocycles. The fourth-order valence-electron chi connectivity index (χ4n) is 3.85. The van der Waals surface area contributed by atoms with E-state index in [4.69, 9.17) is 21.1 Å². The maximum atomic E-state index is 13.3. The van der Waals surface area contributed by atoms with E-state index in [0.29, 0.717) is 54.2 Å². The van der Waals surface area contributed by atoms with Crippen molar-refractivity contribution in [3.8, 4) is 28.3 Å². The molecule has 11 heteroatoms. The number of carbonyl (C=O) groups is 1. The second-order valence-corrected chi connectivity index (χ2v) is 8.93. The lowest BCUT2D eigenvalue weighted by Crippen LogP contribution is -2.14. The Bertz CT molecular complexity index is 1550. The van der Waals surface area contributed by atoms with Crippen molar-refractivity contribution in [1.82, 2.24) is 29.5 Å². The summed E-state index contributed by atoms with van der Waals surface area (Å²) in [6.45, 7) is 1.97. The highest BCUT2D eigenvalue weighted by Crippen LogP contribution is 2.26. The number of carbonyl (C=O) groups excluding carboxylic acids is 1. The number of nitrogens with one attached hydrogen (secondary N) is 1. The van der Waals surface area contributed by atoms with Crippen molar-refractivity contribution < 1.29 is 14.3 Å². The van der Waals surface area contributed by atoms with Crippen LogP contribution in [0.2, 0.25) is 5.02 Å². The molecule has 0 spiro atoms. The van der Waals surface area contributed by atoms with E-state index in [0.717, 1.165) is 11.3 Å². The van der Waals surface area contributed by atoms with Gasteiger partial charge in [-0.25, -0.2) is 9.67 Å². The SMILES string of the molecule is COCCOCCn1cc(NC(=O)c2cccc(-c3cnn(-c4cccc(Cl)c4)c3)n2)c(-c2ccccn2)n1. The molecule has 0 fully saturated rings. The molecular formula is C28H26ClN7O3. The number of ether oxygens (including phenoxy) is 2. The number of pyridine rings is 2. The number of methoxy groups -OCH3 is 1. The highest BCUT2D eigenvalue weighted by atomic mass is 35.5. The van der Waals surface area contributed by atoms with Crippen LogP contribution in [0.1, 0.15) is 10.5 Å². The van der Waals surface area contributed by atoms with Gasteiger partial charge in [0.15, 0.2) is 0 Å². The molecule has 0 unspecified atom stereocenters. The van der Waals surface area contributed by atoms with E-state index in [-0.39, 0.29) is 11.6 Å². The number of anilines is 1. The highest BCUT2D eigenvalue weighted by molar-refractivity contribution is 6.30. The molecule has 5 rings (SSSR count). The first-order valence-electron chi connectivity index (χ1n) is 12.3. The number of hydrogen-bond donors (Lipinski definition) is 1. The first kappa shape index (κ1) is 26.2. The van der Waals surface area contributed by atoms with Crippen LogP contribution in [-0.2, 0) is 16.0 Å². The summed E-state index contributed by atoms with van der Waals surface area (Å²) in [6, 6.07) is 18.2. The average molecular weight is 544 g/mol. The van der Waals surface area contributed by atoms with Crippen molar-refractivity contribution in [2.24, 2.45) is 0 Å². The Kier molecular flexibility index (Phi) is 8.37. The standard InChI is InChI=1S/C28H26ClN7O3/c1-38-14-15-39-13-12-35-19-26(27(34-35)24-8-2-3-11-30-24)33-28(37)25-10-5-9-23(32-25)20-17-31-36(18-20)22-7-4-6-21(29)16-22/h2-11,16-19H,12-15H2,1H3,(H,33,37). The Labute approximate surface area is 230 Å². The normalized spacial score (nSPS) is 11.0. The van der Waals surface area contributed by atoms with E-state index in [9.17, 15) is 4.79 Å². The average Bonchev–Trinajstić information content (AvgIpc) is 3.61. The van der Waals surface area contributed by atoms with Crippen LogP contribution in [0, 0.1) is 0 Å². The quantitative estimate of drug-likeness (QED) is 0.239. The number of aromatic nitrogens is 6. The molecule has 0 aliphatic carbocycles. The molecule has 4 aromatic heterocycles. The van der Waals surface area contributed by atoms with Gasteiger partial charge in [-0.15, -0.1) is 0 Å². The maximum Gasteiger partial charge on any atom is 0.274 e. The van der Waals surface area contributed by atoms with Crippen molar-refractivity contribution in [2.75, 3.05) is 32.2 Å². The van der Waals surface area contributed by atoms with E-state index in [1.54, 1.807) is 53.3 Å². The number of halogens is 1. The van der Waals surface area contributed by atoms with Crippen molar-refractivity contribution in [2.45, 2.75) is 6.54 Å². The molecule has 0 radical (unpaired) electrons. The van der Waals surface area contributed by atoms with Gasteiger partial charge in [-0.05, 0) is 42.5 Å². The lowest BCUT2D eigenvalue weighted by molar-refractivity contribution is 0.0654. The Hall–Kier alpha value is -4.38. The van der Waals surface area contributed by atoms with Gasteiger partial charge in [-0.3, -0.25) is 14.5 Å². The van der Waals surface area contributed by atoms with Crippen molar-refractivity contribution in [3.63, 3.8) is 0 Å². The Balaban J connectivity index is 1.35. The molecule has 5 aromatic rings. The molecule has 4 heterocycles. The zero-order chi connectivity index (χ0) is 27.0. The molecule has 1 N–H and O–H groups in total. The predicted octanol–water partition coefficient (Wildman–Crippen LogP) is 4.76. The molecular weight excluding hydrogens is 518 g/mol. The van der Waals surface area contributed by atoms with Gasteiger partial charge in [0, 0.05) is 36.3 Å². The third-order valence-corrected chi connectivity index (χ3v) is 5.98. The Morgan fingerprint density at radius 2 is 1.87 bits per heavy atom. The summed E-state index contributed by atoms with van der Waals surface area (Å²) < 4.78 is 14.0. The largest absolute Gasteiger partial charge is 0.382 e. The van der Waals surface area contributed by atoms with Gasteiger partial charge in [0.2, 0.25) is 0 Å². The smallest absolute Gasteiger partial charge is 0.274 e. The van der Waals surface area contributed by atoms with Gasteiger partial charge in [0.25, 0.3) is 5.91 Å². The highest BCUT2D eigenvalue weighted by Gasteiger charge is 2.17. The van der Waals surface area contributed by atoms with Crippen LogP contribution in [-0.4, -0.2) is 62.4 Å². The molecule has 1 aromatic carbocycles. The fourth-order valence-corrected chi connectivity index (χ4v) is 4.03. The van der Waals surface area contributed by atoms with Crippen molar-refractivity contribution >= 4 is 23.2 Å². The molecule has 39 heavy (non-hydrogen) atoms. The number of amides is 1. The number of nitrogens with zero attached hydrogens (tertiary/aromatic N) is 6. The van der Waals surface area contributed by atoms with Crippen molar-refractivity contribution in [3.05, 3.63) is 96.2 Å². The predicted molar refractivity (Wildman–Crippen MR) is 148 cm³/mol. The van der Waals surface area contributed by atoms with E-state index in [1.165, 1.54) is 0 Å². The Morgan fingerprint density at radius 3 is 2.69 bits per heavy atom. The first-order chi connectivity index (χ1) is 19.1. The minimum atomic E-state index is -0.368. The minimum Gasteiger partial charge on any atom is -0.382 e. The molecule has 0 aliphatic heterocycles. The first-order valence-corrected chi connectivity index (χ1v) is 12.6. The second-order valence-electron chi connectivity index (χ2n) is 8.49. The van der Waals surface area contributed by atoms with Crippen LogP contribution in [0.15, 0.2) is 85.5 Å². The number of benzene rings is 1. The number of hydrogen-bond acceptors (Lipinski definition) is 7.